The molecule has 0 fully saturated rings. The zero-order valence-corrected chi connectivity index (χ0v) is 26.8. The predicted molar refractivity (Wildman–Crippen MR) is 185 cm³/mol. The zero-order chi connectivity index (χ0) is 34.1. The Hall–Kier alpha value is -5.78. The first kappa shape index (κ1) is 34.1. The van der Waals surface area contributed by atoms with Gasteiger partial charge in [-0.2, -0.15) is 0 Å². The van der Waals surface area contributed by atoms with Crippen molar-refractivity contribution in [2.45, 2.75) is 59.8 Å². The number of nitro benzene ring substituents is 2. The Balaban J connectivity index is 1.57. The molecule has 0 bridgehead atoms. The Morgan fingerprint density at radius 1 is 0.553 bits per heavy atom. The number of carbonyl (C=O) groups is 2. The summed E-state index contributed by atoms with van der Waals surface area (Å²) in [4.78, 5) is 47.6. The minimum atomic E-state index is -0.564. The fourth-order valence-corrected chi connectivity index (χ4v) is 5.57. The summed E-state index contributed by atoms with van der Waals surface area (Å²) in [7, 11) is 0. The third-order valence-corrected chi connectivity index (χ3v) is 7.83. The van der Waals surface area contributed by atoms with Gasteiger partial charge < -0.3 is 21.3 Å². The second-order valence-corrected chi connectivity index (χ2v) is 10.9. The number of amides is 4. The monoisotopic (exact) mass is 638 g/mol. The van der Waals surface area contributed by atoms with Gasteiger partial charge in [0.05, 0.1) is 9.85 Å². The van der Waals surface area contributed by atoms with Crippen LogP contribution in [0.5, 0.6) is 0 Å². The predicted octanol–water partition coefficient (Wildman–Crippen LogP) is 8.63. The van der Waals surface area contributed by atoms with E-state index in [9.17, 15) is 29.8 Å². The van der Waals surface area contributed by atoms with Gasteiger partial charge in [-0.3, -0.25) is 20.2 Å². The Labute approximate surface area is 272 Å². The van der Waals surface area contributed by atoms with Gasteiger partial charge in [-0.25, -0.2) is 9.59 Å². The first-order valence-electron chi connectivity index (χ1n) is 15.5. The van der Waals surface area contributed by atoms with Crippen LogP contribution in [0.25, 0.3) is 0 Å². The maximum Gasteiger partial charge on any atom is 0.323 e. The van der Waals surface area contributed by atoms with Crippen LogP contribution in [-0.2, 0) is 32.1 Å². The third kappa shape index (κ3) is 8.28. The number of nitro groups is 2. The first-order valence-corrected chi connectivity index (χ1v) is 15.5. The number of aryl methyl sites for hydroxylation is 4. The number of benzene rings is 4. The number of nitrogens with one attached hydrogen (secondary N) is 4. The second kappa shape index (κ2) is 15.5. The molecule has 4 rings (SSSR count). The molecular weight excluding hydrogens is 600 g/mol. The van der Waals surface area contributed by atoms with Crippen LogP contribution in [0, 0.1) is 20.2 Å². The molecule has 0 radical (unpaired) electrons. The van der Waals surface area contributed by atoms with E-state index in [0.717, 1.165) is 33.4 Å². The molecule has 0 aliphatic rings. The van der Waals surface area contributed by atoms with E-state index in [1.165, 1.54) is 24.3 Å². The highest BCUT2D eigenvalue weighted by Gasteiger charge is 2.19. The number of rotatable bonds is 12. The van der Waals surface area contributed by atoms with E-state index in [-0.39, 0.29) is 22.7 Å². The highest BCUT2D eigenvalue weighted by molar-refractivity contribution is 6.03. The summed E-state index contributed by atoms with van der Waals surface area (Å²) in [6, 6.07) is 19.1. The lowest BCUT2D eigenvalue weighted by atomic mass is 9.92. The van der Waals surface area contributed by atoms with Gasteiger partial charge in [0, 0.05) is 23.5 Å². The largest absolute Gasteiger partial charge is 0.323 e. The summed E-state index contributed by atoms with van der Waals surface area (Å²) in [5, 5.41) is 33.8. The first-order chi connectivity index (χ1) is 22.6. The summed E-state index contributed by atoms with van der Waals surface area (Å²) >= 11 is 0. The third-order valence-electron chi connectivity index (χ3n) is 7.83. The fourth-order valence-electron chi connectivity index (χ4n) is 5.57. The van der Waals surface area contributed by atoms with Crippen molar-refractivity contribution in [3.8, 4) is 0 Å². The lowest BCUT2D eigenvalue weighted by Gasteiger charge is -2.19. The quantitative estimate of drug-likeness (QED) is 0.0894. The summed E-state index contributed by atoms with van der Waals surface area (Å²) in [5.41, 5.74) is 7.07. The molecule has 0 aliphatic heterocycles. The van der Waals surface area contributed by atoms with Gasteiger partial charge in [0.1, 0.15) is 11.4 Å². The zero-order valence-electron chi connectivity index (χ0n) is 26.8. The van der Waals surface area contributed by atoms with E-state index in [1.807, 2.05) is 27.7 Å². The van der Waals surface area contributed by atoms with E-state index in [0.29, 0.717) is 43.5 Å². The summed E-state index contributed by atoms with van der Waals surface area (Å²) in [6.07, 6.45) is 3.23. The Bertz CT molecular complexity index is 1640. The van der Waals surface area contributed by atoms with Crippen LogP contribution < -0.4 is 21.3 Å². The number of urea groups is 2. The molecule has 0 unspecified atom stereocenters. The van der Waals surface area contributed by atoms with E-state index in [1.54, 1.807) is 24.3 Å². The van der Waals surface area contributed by atoms with Crippen LogP contribution in [-0.4, -0.2) is 21.9 Å². The molecule has 12 heteroatoms. The van der Waals surface area contributed by atoms with E-state index in [2.05, 4.69) is 45.5 Å². The molecule has 4 amide bonds. The molecular formula is C35H38N6O6. The Morgan fingerprint density at radius 2 is 0.872 bits per heavy atom. The average molecular weight is 639 g/mol. The molecule has 47 heavy (non-hydrogen) atoms. The number of nitrogens with zero attached hydrogens (tertiary/aromatic N) is 2. The molecule has 0 spiro atoms. The number of hydrogen-bond donors (Lipinski definition) is 4. The standard InChI is InChI=1S/C35H38N6O6/c1-5-24-18-22(19-25(6-2)32(24)38-34(42)36-28-13-9-11-15-30(28)40(44)45)17-23-20-26(7-3)33(27(8-4)21-23)39-35(43)37-29-14-10-12-16-31(29)41(46)47/h9-16,18-21H,5-8,17H2,1-4H3,(H2,36,38,42)(H2,37,39,43). The highest BCUT2D eigenvalue weighted by atomic mass is 16.6. The molecule has 0 heterocycles. The summed E-state index contributed by atoms with van der Waals surface area (Å²) < 4.78 is 0. The summed E-state index contributed by atoms with van der Waals surface area (Å²) in [6.45, 7) is 8.01. The maximum atomic E-state index is 13.0. The van der Waals surface area contributed by atoms with Gasteiger partial charge >= 0.3 is 12.1 Å². The molecule has 244 valence electrons. The lowest BCUT2D eigenvalue weighted by molar-refractivity contribution is -0.384. The van der Waals surface area contributed by atoms with Gasteiger partial charge in [0.2, 0.25) is 0 Å². The van der Waals surface area contributed by atoms with Gasteiger partial charge in [0.25, 0.3) is 11.4 Å². The van der Waals surface area contributed by atoms with E-state index >= 15 is 0 Å². The molecule has 12 nitrogen and oxygen atoms in total. The van der Waals surface area contributed by atoms with E-state index < -0.39 is 21.9 Å². The molecule has 4 N–H and O–H groups in total. The fraction of sp³-hybridized carbons (Fsp3) is 0.257. The van der Waals surface area contributed by atoms with Crippen molar-refractivity contribution in [2.24, 2.45) is 0 Å². The van der Waals surface area contributed by atoms with Crippen molar-refractivity contribution in [3.05, 3.63) is 126 Å². The molecule has 0 saturated carbocycles. The number of carbonyl (C=O) groups excluding carboxylic acids is 2. The molecule has 0 aliphatic carbocycles. The van der Waals surface area contributed by atoms with E-state index in [4.69, 9.17) is 0 Å². The van der Waals surface area contributed by atoms with Crippen molar-refractivity contribution in [2.75, 3.05) is 21.3 Å². The number of para-hydroxylation sites is 4. The summed E-state index contributed by atoms with van der Waals surface area (Å²) in [5.74, 6) is 0. The second-order valence-electron chi connectivity index (χ2n) is 10.9. The van der Waals surface area contributed by atoms with Crippen molar-refractivity contribution < 1.29 is 19.4 Å². The SMILES string of the molecule is CCc1cc(Cc2cc(CC)c(NC(=O)Nc3ccccc3[N+](=O)[O-])c(CC)c2)cc(CC)c1NC(=O)Nc1ccccc1[N+](=O)[O-]. The maximum absolute atomic E-state index is 13.0. The smallest absolute Gasteiger partial charge is 0.307 e. The molecule has 0 saturated heterocycles. The van der Waals surface area contributed by atoms with Gasteiger partial charge in [-0.1, -0.05) is 76.2 Å². The highest BCUT2D eigenvalue weighted by Crippen LogP contribution is 2.31. The number of hydrogen-bond acceptors (Lipinski definition) is 6. The van der Waals surface area contributed by atoms with Crippen molar-refractivity contribution in [3.63, 3.8) is 0 Å². The topological polar surface area (TPSA) is 169 Å². The Kier molecular flexibility index (Phi) is 11.2. The van der Waals surface area contributed by atoms with Crippen molar-refractivity contribution >= 4 is 46.2 Å². The average Bonchev–Trinajstić information content (AvgIpc) is 3.05. The number of anilines is 4. The minimum Gasteiger partial charge on any atom is -0.307 e. The van der Waals surface area contributed by atoms with Gasteiger partial charge in [0.15, 0.2) is 0 Å². The van der Waals surface area contributed by atoms with Gasteiger partial charge in [-0.15, -0.1) is 0 Å². The molecule has 4 aromatic rings. The van der Waals surface area contributed by atoms with Crippen molar-refractivity contribution in [1.82, 2.24) is 0 Å². The normalized spacial score (nSPS) is 10.6. The Morgan fingerprint density at radius 3 is 1.17 bits per heavy atom. The van der Waals surface area contributed by atoms with Crippen LogP contribution in [0.15, 0.2) is 72.8 Å². The van der Waals surface area contributed by atoms with Crippen LogP contribution in [0.2, 0.25) is 0 Å². The molecule has 4 aromatic carbocycles. The molecule has 0 aromatic heterocycles. The van der Waals surface area contributed by atoms with Crippen molar-refractivity contribution in [1.29, 1.82) is 0 Å². The van der Waals surface area contributed by atoms with Crippen LogP contribution in [0.3, 0.4) is 0 Å². The van der Waals surface area contributed by atoms with Crippen LogP contribution in [0.4, 0.5) is 43.7 Å². The minimum absolute atomic E-state index is 0.109. The lowest BCUT2D eigenvalue weighted by Crippen LogP contribution is -2.22. The van der Waals surface area contributed by atoms with Crippen LogP contribution >= 0.6 is 0 Å². The van der Waals surface area contributed by atoms with Gasteiger partial charge in [-0.05, 0) is 77.6 Å². The van der Waals surface area contributed by atoms with Crippen LogP contribution in [0.1, 0.15) is 61.1 Å². The molecule has 0 atom stereocenters.